The Kier molecular flexibility index (Phi) is 2.81. The van der Waals surface area contributed by atoms with Gasteiger partial charge in [-0.05, 0) is 11.0 Å². The monoisotopic (exact) mass is 199 g/mol. The number of hydrogen-bond donors (Lipinski definition) is 0. The first-order chi connectivity index (χ1) is 5.95. The largest absolute Gasteiger partial charge is 0.481 e. The molecule has 3 heteroatoms. The van der Waals surface area contributed by atoms with Crippen molar-refractivity contribution >= 4 is 11.6 Å². The Morgan fingerprint density at radius 2 is 1.92 bits per heavy atom. The summed E-state index contributed by atoms with van der Waals surface area (Å²) in [6.45, 7) is 6.30. The topological polar surface area (TPSA) is 22.1 Å². The van der Waals surface area contributed by atoms with Crippen LogP contribution in [0.1, 0.15) is 26.3 Å². The minimum absolute atomic E-state index is 0.0242. The fourth-order valence-electron chi connectivity index (χ4n) is 1.09. The van der Waals surface area contributed by atoms with Gasteiger partial charge < -0.3 is 4.74 Å². The van der Waals surface area contributed by atoms with Gasteiger partial charge in [0, 0.05) is 6.07 Å². The van der Waals surface area contributed by atoms with Gasteiger partial charge in [0.05, 0.1) is 7.11 Å². The predicted octanol–water partition coefficient (Wildman–Crippen LogP) is 3.04. The maximum atomic E-state index is 6.00. The summed E-state index contributed by atoms with van der Waals surface area (Å²) < 4.78 is 4.97. The van der Waals surface area contributed by atoms with Crippen molar-refractivity contribution in [3.05, 3.63) is 22.8 Å². The molecule has 0 aliphatic heterocycles. The van der Waals surface area contributed by atoms with Gasteiger partial charge in [0.15, 0.2) is 0 Å². The highest BCUT2D eigenvalue weighted by Crippen LogP contribution is 2.29. The van der Waals surface area contributed by atoms with Crippen LogP contribution in [-0.4, -0.2) is 12.1 Å². The summed E-state index contributed by atoms with van der Waals surface area (Å²) in [6.07, 6.45) is 0. The third-order valence-electron chi connectivity index (χ3n) is 1.84. The summed E-state index contributed by atoms with van der Waals surface area (Å²) in [5.74, 6) is 0.554. The number of pyridine rings is 1. The molecule has 72 valence electrons. The summed E-state index contributed by atoms with van der Waals surface area (Å²) in [5, 5.41) is 0.520. The number of nitrogens with zero attached hydrogens (tertiary/aromatic N) is 1. The van der Waals surface area contributed by atoms with E-state index in [-0.39, 0.29) is 5.41 Å². The highest BCUT2D eigenvalue weighted by molar-refractivity contribution is 6.30. The van der Waals surface area contributed by atoms with Crippen molar-refractivity contribution in [3.8, 4) is 5.88 Å². The maximum Gasteiger partial charge on any atom is 0.214 e. The van der Waals surface area contributed by atoms with Crippen LogP contribution in [0.2, 0.25) is 5.15 Å². The molecule has 0 saturated heterocycles. The average Bonchev–Trinajstić information content (AvgIpc) is 2.01. The van der Waals surface area contributed by atoms with E-state index in [1.807, 2.05) is 12.1 Å². The molecule has 0 saturated carbocycles. The molecule has 1 rings (SSSR count). The summed E-state index contributed by atoms with van der Waals surface area (Å²) in [6, 6.07) is 3.78. The maximum absolute atomic E-state index is 6.00. The van der Waals surface area contributed by atoms with E-state index < -0.39 is 0 Å². The van der Waals surface area contributed by atoms with E-state index in [0.717, 1.165) is 5.56 Å². The normalized spacial score (nSPS) is 11.5. The van der Waals surface area contributed by atoms with Gasteiger partial charge in [-0.25, -0.2) is 4.98 Å². The molecule has 0 N–H and O–H groups in total. The molecule has 0 bridgehead atoms. The smallest absolute Gasteiger partial charge is 0.214 e. The standard InChI is InChI=1S/C10H14ClNO/c1-10(2,3)7-5-6-8(13-4)12-9(7)11/h5-6H,1-4H3. The minimum atomic E-state index is 0.0242. The van der Waals surface area contributed by atoms with Gasteiger partial charge in [-0.1, -0.05) is 38.4 Å². The van der Waals surface area contributed by atoms with Crippen molar-refractivity contribution in [3.63, 3.8) is 0 Å². The number of rotatable bonds is 1. The van der Waals surface area contributed by atoms with E-state index in [2.05, 4.69) is 25.8 Å². The SMILES string of the molecule is COc1ccc(C(C)(C)C)c(Cl)n1. The van der Waals surface area contributed by atoms with E-state index in [1.165, 1.54) is 0 Å². The highest BCUT2D eigenvalue weighted by atomic mass is 35.5. The summed E-state index contributed by atoms with van der Waals surface area (Å²) in [7, 11) is 1.58. The van der Waals surface area contributed by atoms with Crippen molar-refractivity contribution in [1.82, 2.24) is 4.98 Å². The molecule has 13 heavy (non-hydrogen) atoms. The van der Waals surface area contributed by atoms with Crippen molar-refractivity contribution < 1.29 is 4.74 Å². The molecule has 0 unspecified atom stereocenters. The molecule has 0 atom stereocenters. The Morgan fingerprint density at radius 3 is 2.31 bits per heavy atom. The number of ether oxygens (including phenoxy) is 1. The van der Waals surface area contributed by atoms with E-state index in [4.69, 9.17) is 16.3 Å². The van der Waals surface area contributed by atoms with Crippen molar-refractivity contribution in [2.75, 3.05) is 7.11 Å². The number of halogens is 1. The van der Waals surface area contributed by atoms with Gasteiger partial charge in [0.25, 0.3) is 0 Å². The molecule has 0 amide bonds. The molecule has 0 radical (unpaired) electrons. The molecule has 0 aromatic carbocycles. The zero-order valence-corrected chi connectivity index (χ0v) is 9.14. The second kappa shape index (κ2) is 3.54. The molecular weight excluding hydrogens is 186 g/mol. The first kappa shape index (κ1) is 10.3. The lowest BCUT2D eigenvalue weighted by Gasteiger charge is -2.19. The third-order valence-corrected chi connectivity index (χ3v) is 2.13. The first-order valence-corrected chi connectivity index (χ1v) is 4.54. The molecule has 1 heterocycles. The van der Waals surface area contributed by atoms with Crippen LogP contribution < -0.4 is 4.74 Å². The minimum Gasteiger partial charge on any atom is -0.481 e. The van der Waals surface area contributed by atoms with Crippen LogP contribution in [0.15, 0.2) is 12.1 Å². The lowest BCUT2D eigenvalue weighted by atomic mass is 9.88. The quantitative estimate of drug-likeness (QED) is 0.649. The fourth-order valence-corrected chi connectivity index (χ4v) is 1.52. The molecule has 1 aromatic heterocycles. The fraction of sp³-hybridized carbons (Fsp3) is 0.500. The second-order valence-electron chi connectivity index (χ2n) is 3.94. The molecule has 2 nitrogen and oxygen atoms in total. The molecule has 0 fully saturated rings. The van der Waals surface area contributed by atoms with Gasteiger partial charge in [-0.3, -0.25) is 0 Å². The highest BCUT2D eigenvalue weighted by Gasteiger charge is 2.18. The molecule has 1 aromatic rings. The van der Waals surface area contributed by atoms with E-state index in [9.17, 15) is 0 Å². The van der Waals surface area contributed by atoms with E-state index in [1.54, 1.807) is 7.11 Å². The summed E-state index contributed by atoms with van der Waals surface area (Å²) in [4.78, 5) is 4.10. The Morgan fingerprint density at radius 1 is 1.31 bits per heavy atom. The third kappa shape index (κ3) is 2.34. The predicted molar refractivity (Wildman–Crippen MR) is 54.5 cm³/mol. The van der Waals surface area contributed by atoms with E-state index in [0.29, 0.717) is 11.0 Å². The van der Waals surface area contributed by atoms with Crippen LogP contribution in [0.5, 0.6) is 5.88 Å². The van der Waals surface area contributed by atoms with Gasteiger partial charge in [0.2, 0.25) is 5.88 Å². The Labute approximate surface area is 83.9 Å². The van der Waals surface area contributed by atoms with Crippen molar-refractivity contribution in [2.24, 2.45) is 0 Å². The summed E-state index contributed by atoms with van der Waals surface area (Å²) >= 11 is 6.00. The van der Waals surface area contributed by atoms with Crippen LogP contribution in [0.3, 0.4) is 0 Å². The molecule has 0 aliphatic rings. The van der Waals surface area contributed by atoms with Crippen LogP contribution in [-0.2, 0) is 5.41 Å². The van der Waals surface area contributed by atoms with Crippen LogP contribution in [0.4, 0.5) is 0 Å². The van der Waals surface area contributed by atoms with Crippen LogP contribution in [0.25, 0.3) is 0 Å². The Bertz CT molecular complexity index is 304. The van der Waals surface area contributed by atoms with Crippen molar-refractivity contribution in [1.29, 1.82) is 0 Å². The van der Waals surface area contributed by atoms with Gasteiger partial charge in [-0.2, -0.15) is 0 Å². The second-order valence-corrected chi connectivity index (χ2v) is 4.30. The first-order valence-electron chi connectivity index (χ1n) is 4.16. The number of aromatic nitrogens is 1. The molecule has 0 spiro atoms. The Hall–Kier alpha value is -0.760. The van der Waals surface area contributed by atoms with Gasteiger partial charge in [-0.15, -0.1) is 0 Å². The number of hydrogen-bond acceptors (Lipinski definition) is 2. The zero-order chi connectivity index (χ0) is 10.1. The lowest BCUT2D eigenvalue weighted by molar-refractivity contribution is 0.397. The zero-order valence-electron chi connectivity index (χ0n) is 8.39. The van der Waals surface area contributed by atoms with Crippen molar-refractivity contribution in [2.45, 2.75) is 26.2 Å². The number of methoxy groups -OCH3 is 1. The van der Waals surface area contributed by atoms with Crippen LogP contribution >= 0.6 is 11.6 Å². The molecular formula is C10H14ClNO. The summed E-state index contributed by atoms with van der Waals surface area (Å²) in [5.41, 5.74) is 1.06. The lowest BCUT2D eigenvalue weighted by Crippen LogP contribution is -2.12. The van der Waals surface area contributed by atoms with Crippen LogP contribution in [0, 0.1) is 0 Å². The average molecular weight is 200 g/mol. The van der Waals surface area contributed by atoms with Gasteiger partial charge in [0.1, 0.15) is 5.15 Å². The van der Waals surface area contributed by atoms with Gasteiger partial charge >= 0.3 is 0 Å². The Balaban J connectivity index is 3.13. The molecule has 0 aliphatic carbocycles. The van der Waals surface area contributed by atoms with E-state index >= 15 is 0 Å².